The lowest BCUT2D eigenvalue weighted by Gasteiger charge is -2.27. The van der Waals surface area contributed by atoms with E-state index in [9.17, 15) is 22.0 Å². The van der Waals surface area contributed by atoms with E-state index in [2.05, 4.69) is 0 Å². The summed E-state index contributed by atoms with van der Waals surface area (Å²) in [6.07, 6.45) is 2.53. The number of carbonyl (C=O) groups excluding carboxylic acids is 1. The van der Waals surface area contributed by atoms with Gasteiger partial charge in [0.05, 0.1) is 5.56 Å². The molecule has 0 radical (unpaired) electrons. The molecule has 0 bridgehead atoms. The Labute approximate surface area is 119 Å². The lowest BCUT2D eigenvalue weighted by Crippen LogP contribution is -2.36. The van der Waals surface area contributed by atoms with Gasteiger partial charge in [-0.2, -0.15) is 0 Å². The van der Waals surface area contributed by atoms with Crippen molar-refractivity contribution in [1.82, 2.24) is 4.90 Å². The Balaban J connectivity index is 2.46. The largest absolute Gasteiger partial charge is 0.339 e. The van der Waals surface area contributed by atoms with Crippen LogP contribution in [-0.2, 0) is 9.05 Å². The Morgan fingerprint density at radius 2 is 1.75 bits per heavy atom. The zero-order chi connectivity index (χ0) is 14.9. The second-order valence-corrected chi connectivity index (χ2v) is 7.09. The highest BCUT2D eigenvalue weighted by atomic mass is 35.7. The van der Waals surface area contributed by atoms with Crippen LogP contribution >= 0.6 is 10.7 Å². The smallest absolute Gasteiger partial charge is 0.264 e. The molecule has 1 saturated heterocycles. The van der Waals surface area contributed by atoms with Gasteiger partial charge >= 0.3 is 0 Å². The SMILES string of the molecule is O=C(c1cc(F)cc(S(=O)(=O)Cl)c1F)N1CCCCC1. The third-order valence-corrected chi connectivity index (χ3v) is 4.46. The quantitative estimate of drug-likeness (QED) is 0.786. The third-order valence-electron chi connectivity index (χ3n) is 3.14. The Bertz CT molecular complexity index is 642. The van der Waals surface area contributed by atoms with Crippen molar-refractivity contribution < 1.29 is 22.0 Å². The van der Waals surface area contributed by atoms with Crippen molar-refractivity contribution in [2.24, 2.45) is 0 Å². The van der Waals surface area contributed by atoms with E-state index >= 15 is 0 Å². The lowest BCUT2D eigenvalue weighted by atomic mass is 10.1. The van der Waals surface area contributed by atoms with Gasteiger partial charge in [-0.05, 0) is 31.4 Å². The molecule has 1 aromatic carbocycles. The second kappa shape index (κ2) is 5.65. The lowest BCUT2D eigenvalue weighted by molar-refractivity contribution is 0.0718. The van der Waals surface area contributed by atoms with Gasteiger partial charge in [-0.15, -0.1) is 0 Å². The standard InChI is InChI=1S/C12H12ClF2NO3S/c13-20(18,19)10-7-8(14)6-9(11(10)15)12(17)16-4-2-1-3-5-16/h6-7H,1-5H2. The molecule has 1 aliphatic heterocycles. The molecule has 0 aromatic heterocycles. The van der Waals surface area contributed by atoms with Gasteiger partial charge in [0, 0.05) is 23.8 Å². The average Bonchev–Trinajstić information content (AvgIpc) is 2.40. The van der Waals surface area contributed by atoms with Crippen molar-refractivity contribution in [2.75, 3.05) is 13.1 Å². The fourth-order valence-electron chi connectivity index (χ4n) is 2.16. The van der Waals surface area contributed by atoms with Gasteiger partial charge < -0.3 is 4.90 Å². The normalized spacial score (nSPS) is 16.2. The minimum Gasteiger partial charge on any atom is -0.339 e. The number of hydrogen-bond acceptors (Lipinski definition) is 3. The van der Waals surface area contributed by atoms with Crippen molar-refractivity contribution >= 4 is 25.6 Å². The average molecular weight is 324 g/mol. The Kier molecular flexibility index (Phi) is 4.29. The van der Waals surface area contributed by atoms with Crippen LogP contribution in [0.15, 0.2) is 17.0 Å². The number of halogens is 3. The van der Waals surface area contributed by atoms with E-state index in [1.165, 1.54) is 4.90 Å². The van der Waals surface area contributed by atoms with E-state index in [1.807, 2.05) is 0 Å². The van der Waals surface area contributed by atoms with Crippen molar-refractivity contribution in [1.29, 1.82) is 0 Å². The van der Waals surface area contributed by atoms with E-state index in [1.54, 1.807) is 0 Å². The van der Waals surface area contributed by atoms with Crippen LogP contribution in [0.3, 0.4) is 0 Å². The van der Waals surface area contributed by atoms with Crippen LogP contribution in [0.1, 0.15) is 29.6 Å². The van der Waals surface area contributed by atoms with Crippen LogP contribution in [-0.4, -0.2) is 32.3 Å². The highest BCUT2D eigenvalue weighted by molar-refractivity contribution is 8.13. The van der Waals surface area contributed by atoms with Crippen LogP contribution < -0.4 is 0 Å². The Hall–Kier alpha value is -1.21. The third kappa shape index (κ3) is 3.09. The summed E-state index contributed by atoms with van der Waals surface area (Å²) in [5.41, 5.74) is -0.605. The highest BCUT2D eigenvalue weighted by Crippen LogP contribution is 2.25. The Morgan fingerprint density at radius 3 is 2.30 bits per heavy atom. The first-order chi connectivity index (χ1) is 9.30. The van der Waals surface area contributed by atoms with Crippen molar-refractivity contribution in [3.63, 3.8) is 0 Å². The van der Waals surface area contributed by atoms with Gasteiger partial charge in [-0.3, -0.25) is 4.79 Å². The predicted molar refractivity (Wildman–Crippen MR) is 69.2 cm³/mol. The summed E-state index contributed by atoms with van der Waals surface area (Å²) in [5, 5.41) is 0. The van der Waals surface area contributed by atoms with Crippen molar-refractivity contribution in [3.8, 4) is 0 Å². The van der Waals surface area contributed by atoms with Gasteiger partial charge in [0.25, 0.3) is 15.0 Å². The fourth-order valence-corrected chi connectivity index (χ4v) is 3.08. The Morgan fingerprint density at radius 1 is 1.15 bits per heavy atom. The summed E-state index contributed by atoms with van der Waals surface area (Å²) in [7, 11) is 0.583. The van der Waals surface area contributed by atoms with Gasteiger partial charge in [-0.25, -0.2) is 17.2 Å². The number of piperidine rings is 1. The summed E-state index contributed by atoms with van der Waals surface area (Å²) in [6.45, 7) is 0.884. The maximum atomic E-state index is 14.1. The summed E-state index contributed by atoms with van der Waals surface area (Å²) < 4.78 is 49.9. The van der Waals surface area contributed by atoms with Gasteiger partial charge in [0.15, 0.2) is 5.82 Å². The van der Waals surface area contributed by atoms with E-state index < -0.39 is 37.1 Å². The molecule has 0 aliphatic carbocycles. The van der Waals surface area contributed by atoms with Gasteiger partial charge in [0.1, 0.15) is 10.7 Å². The molecule has 20 heavy (non-hydrogen) atoms. The first kappa shape index (κ1) is 15.2. The summed E-state index contributed by atoms with van der Waals surface area (Å²) in [4.78, 5) is 12.5. The van der Waals surface area contributed by atoms with E-state index in [-0.39, 0.29) is 0 Å². The summed E-state index contributed by atoms with van der Waals surface area (Å²) in [6, 6.07) is 1.16. The van der Waals surface area contributed by atoms with Crippen LogP contribution in [0, 0.1) is 11.6 Å². The minimum atomic E-state index is -4.46. The second-order valence-electron chi connectivity index (χ2n) is 4.56. The summed E-state index contributed by atoms with van der Waals surface area (Å²) in [5.74, 6) is -3.05. The zero-order valence-electron chi connectivity index (χ0n) is 10.4. The number of carbonyl (C=O) groups is 1. The molecule has 1 amide bonds. The van der Waals surface area contributed by atoms with Crippen LogP contribution in [0.4, 0.5) is 8.78 Å². The number of rotatable bonds is 2. The van der Waals surface area contributed by atoms with Crippen LogP contribution in [0.5, 0.6) is 0 Å². The maximum absolute atomic E-state index is 14.1. The van der Waals surface area contributed by atoms with E-state index in [0.29, 0.717) is 25.2 Å². The first-order valence-corrected chi connectivity index (χ1v) is 8.34. The fraction of sp³-hybridized carbons (Fsp3) is 0.417. The number of benzene rings is 1. The molecule has 0 unspecified atom stereocenters. The molecular formula is C12H12ClF2NO3S. The molecule has 2 rings (SSSR count). The molecule has 0 N–H and O–H groups in total. The molecule has 0 spiro atoms. The molecule has 8 heteroatoms. The molecule has 1 aliphatic rings. The molecule has 4 nitrogen and oxygen atoms in total. The van der Waals surface area contributed by atoms with Gasteiger partial charge in [-0.1, -0.05) is 0 Å². The zero-order valence-corrected chi connectivity index (χ0v) is 12.0. The molecule has 0 atom stereocenters. The summed E-state index contributed by atoms with van der Waals surface area (Å²) >= 11 is 0. The highest BCUT2D eigenvalue weighted by Gasteiger charge is 2.27. The van der Waals surface area contributed by atoms with Crippen molar-refractivity contribution in [3.05, 3.63) is 29.3 Å². The topological polar surface area (TPSA) is 54.5 Å². The minimum absolute atomic E-state index is 0.442. The monoisotopic (exact) mass is 323 g/mol. The van der Waals surface area contributed by atoms with E-state index in [4.69, 9.17) is 10.7 Å². The molecule has 1 aromatic rings. The number of nitrogens with zero attached hydrogens (tertiary/aromatic N) is 1. The predicted octanol–water partition coefficient (Wildman–Crippen LogP) is 2.52. The number of likely N-dealkylation sites (tertiary alicyclic amines) is 1. The molecule has 110 valence electrons. The molecule has 1 heterocycles. The first-order valence-electron chi connectivity index (χ1n) is 6.03. The van der Waals surface area contributed by atoms with Crippen molar-refractivity contribution in [2.45, 2.75) is 24.2 Å². The number of hydrogen-bond donors (Lipinski definition) is 0. The van der Waals surface area contributed by atoms with Gasteiger partial charge in [0.2, 0.25) is 0 Å². The molecule has 0 saturated carbocycles. The maximum Gasteiger partial charge on any atom is 0.264 e. The van der Waals surface area contributed by atoms with E-state index in [0.717, 1.165) is 19.3 Å². The molecule has 1 fully saturated rings. The molecular weight excluding hydrogens is 312 g/mol. The van der Waals surface area contributed by atoms with Crippen LogP contribution in [0.25, 0.3) is 0 Å². The van der Waals surface area contributed by atoms with Crippen LogP contribution in [0.2, 0.25) is 0 Å². The number of amides is 1.